The van der Waals surface area contributed by atoms with Gasteiger partial charge in [0, 0.05) is 11.9 Å². The van der Waals surface area contributed by atoms with Crippen LogP contribution in [-0.4, -0.2) is 11.5 Å². The van der Waals surface area contributed by atoms with Crippen LogP contribution in [0.2, 0.25) is 0 Å². The summed E-state index contributed by atoms with van der Waals surface area (Å²) >= 11 is 0. The zero-order valence-corrected chi connectivity index (χ0v) is 8.40. The van der Waals surface area contributed by atoms with Crippen LogP contribution in [0.25, 0.3) is 0 Å². The summed E-state index contributed by atoms with van der Waals surface area (Å²) in [6, 6.07) is 6.04. The first kappa shape index (κ1) is 10.2. The van der Waals surface area contributed by atoms with Crippen molar-refractivity contribution in [1.29, 1.82) is 0 Å². The van der Waals surface area contributed by atoms with E-state index in [1.165, 1.54) is 0 Å². The molecule has 13 heavy (non-hydrogen) atoms. The Morgan fingerprint density at radius 3 is 2.62 bits per heavy atom. The van der Waals surface area contributed by atoms with Crippen molar-refractivity contribution in [1.82, 2.24) is 4.98 Å². The zero-order valence-electron chi connectivity index (χ0n) is 8.40. The van der Waals surface area contributed by atoms with Gasteiger partial charge in [-0.3, -0.25) is 4.98 Å². The predicted molar refractivity (Wildman–Crippen MR) is 55.3 cm³/mol. The van der Waals surface area contributed by atoms with Crippen molar-refractivity contribution in [3.8, 4) is 0 Å². The SMILES string of the molecule is CC(CN)C(C)Cc1ccccn1. The van der Waals surface area contributed by atoms with E-state index in [9.17, 15) is 0 Å². The second-order valence-corrected chi connectivity index (χ2v) is 3.72. The van der Waals surface area contributed by atoms with Crippen LogP contribution in [0.5, 0.6) is 0 Å². The number of nitrogens with two attached hydrogens (primary N) is 1. The molecule has 2 heteroatoms. The predicted octanol–water partition coefficient (Wildman–Crippen LogP) is 1.86. The lowest BCUT2D eigenvalue weighted by Gasteiger charge is -2.17. The number of pyridine rings is 1. The molecule has 1 heterocycles. The van der Waals surface area contributed by atoms with Crippen molar-refractivity contribution in [2.24, 2.45) is 17.6 Å². The summed E-state index contributed by atoms with van der Waals surface area (Å²) in [6.45, 7) is 5.17. The van der Waals surface area contributed by atoms with Crippen LogP contribution in [0.15, 0.2) is 24.4 Å². The minimum absolute atomic E-state index is 0.571. The molecule has 0 amide bonds. The fourth-order valence-electron chi connectivity index (χ4n) is 1.28. The van der Waals surface area contributed by atoms with E-state index in [1.54, 1.807) is 0 Å². The molecule has 0 aliphatic carbocycles. The van der Waals surface area contributed by atoms with E-state index in [2.05, 4.69) is 24.9 Å². The highest BCUT2D eigenvalue weighted by Gasteiger charge is 2.11. The molecule has 0 aliphatic heterocycles. The van der Waals surface area contributed by atoms with Crippen LogP contribution in [0.1, 0.15) is 19.5 Å². The lowest BCUT2D eigenvalue weighted by molar-refractivity contribution is 0.391. The van der Waals surface area contributed by atoms with Gasteiger partial charge < -0.3 is 5.73 Å². The van der Waals surface area contributed by atoms with Crippen LogP contribution in [0.4, 0.5) is 0 Å². The van der Waals surface area contributed by atoms with Gasteiger partial charge in [0.05, 0.1) is 0 Å². The van der Waals surface area contributed by atoms with E-state index >= 15 is 0 Å². The van der Waals surface area contributed by atoms with E-state index in [0.29, 0.717) is 11.8 Å². The Balaban J connectivity index is 2.50. The Bertz CT molecular complexity index is 233. The lowest BCUT2D eigenvalue weighted by Crippen LogP contribution is -2.20. The van der Waals surface area contributed by atoms with Crippen molar-refractivity contribution in [2.75, 3.05) is 6.54 Å². The molecule has 72 valence electrons. The van der Waals surface area contributed by atoms with Gasteiger partial charge in [0.1, 0.15) is 0 Å². The molecule has 0 bridgehead atoms. The van der Waals surface area contributed by atoms with Gasteiger partial charge in [0.15, 0.2) is 0 Å². The van der Waals surface area contributed by atoms with Gasteiger partial charge in [-0.05, 0) is 36.9 Å². The summed E-state index contributed by atoms with van der Waals surface area (Å²) in [7, 11) is 0. The third-order valence-corrected chi connectivity index (χ3v) is 2.60. The van der Waals surface area contributed by atoms with Crippen LogP contribution in [0, 0.1) is 11.8 Å². The van der Waals surface area contributed by atoms with Crippen LogP contribution >= 0.6 is 0 Å². The smallest absolute Gasteiger partial charge is 0.0406 e. The highest BCUT2D eigenvalue weighted by molar-refractivity contribution is 5.04. The maximum atomic E-state index is 5.61. The summed E-state index contributed by atoms with van der Waals surface area (Å²) in [4.78, 5) is 4.29. The Morgan fingerprint density at radius 2 is 2.08 bits per heavy atom. The number of rotatable bonds is 4. The first-order valence-corrected chi connectivity index (χ1v) is 4.84. The van der Waals surface area contributed by atoms with Crippen molar-refractivity contribution in [3.63, 3.8) is 0 Å². The maximum absolute atomic E-state index is 5.61. The largest absolute Gasteiger partial charge is 0.330 e. The van der Waals surface area contributed by atoms with Gasteiger partial charge >= 0.3 is 0 Å². The number of hydrogen-bond donors (Lipinski definition) is 1. The van der Waals surface area contributed by atoms with E-state index < -0.39 is 0 Å². The summed E-state index contributed by atoms with van der Waals surface area (Å²) < 4.78 is 0. The van der Waals surface area contributed by atoms with Crippen LogP contribution < -0.4 is 5.73 Å². The molecule has 2 nitrogen and oxygen atoms in total. The van der Waals surface area contributed by atoms with Crippen molar-refractivity contribution in [3.05, 3.63) is 30.1 Å². The first-order valence-electron chi connectivity index (χ1n) is 4.84. The molecule has 1 rings (SSSR count). The van der Waals surface area contributed by atoms with Gasteiger partial charge in [0.25, 0.3) is 0 Å². The van der Waals surface area contributed by atoms with E-state index in [0.717, 1.165) is 18.7 Å². The Kier molecular flexibility index (Phi) is 3.90. The molecule has 0 saturated heterocycles. The minimum atomic E-state index is 0.571. The third kappa shape index (κ3) is 3.15. The third-order valence-electron chi connectivity index (χ3n) is 2.60. The lowest BCUT2D eigenvalue weighted by atomic mass is 9.91. The molecule has 1 aromatic rings. The van der Waals surface area contributed by atoms with E-state index in [4.69, 9.17) is 5.73 Å². The van der Waals surface area contributed by atoms with Crippen molar-refractivity contribution in [2.45, 2.75) is 20.3 Å². The summed E-state index contributed by atoms with van der Waals surface area (Å²) in [5.74, 6) is 1.18. The number of aromatic nitrogens is 1. The highest BCUT2D eigenvalue weighted by Crippen LogP contribution is 2.14. The molecule has 0 fully saturated rings. The second kappa shape index (κ2) is 4.97. The zero-order chi connectivity index (χ0) is 9.68. The molecule has 2 atom stereocenters. The molecule has 2 unspecified atom stereocenters. The molecule has 2 N–H and O–H groups in total. The van der Waals surface area contributed by atoms with Crippen molar-refractivity contribution >= 4 is 0 Å². The minimum Gasteiger partial charge on any atom is -0.330 e. The summed E-state index contributed by atoms with van der Waals surface area (Å²) in [5, 5.41) is 0. The quantitative estimate of drug-likeness (QED) is 0.764. The number of hydrogen-bond acceptors (Lipinski definition) is 2. The fourth-order valence-corrected chi connectivity index (χ4v) is 1.28. The normalized spacial score (nSPS) is 15.3. The molecule has 1 aromatic heterocycles. The standard InChI is InChI=1S/C11H18N2/c1-9(10(2)8-12)7-11-5-3-4-6-13-11/h3-6,9-10H,7-8,12H2,1-2H3. The van der Waals surface area contributed by atoms with Crippen molar-refractivity contribution < 1.29 is 0 Å². The van der Waals surface area contributed by atoms with Gasteiger partial charge in [-0.25, -0.2) is 0 Å². The topological polar surface area (TPSA) is 38.9 Å². The van der Waals surface area contributed by atoms with E-state index in [1.807, 2.05) is 18.3 Å². The molecular formula is C11H18N2. The van der Waals surface area contributed by atoms with Gasteiger partial charge in [-0.1, -0.05) is 19.9 Å². The average Bonchev–Trinajstić information content (AvgIpc) is 2.18. The first-order chi connectivity index (χ1) is 6.24. The molecule has 0 aromatic carbocycles. The Labute approximate surface area is 80.2 Å². The van der Waals surface area contributed by atoms with Crippen LogP contribution in [0.3, 0.4) is 0 Å². The fraction of sp³-hybridized carbons (Fsp3) is 0.545. The molecule has 0 spiro atoms. The van der Waals surface area contributed by atoms with Crippen LogP contribution in [-0.2, 0) is 6.42 Å². The summed E-state index contributed by atoms with van der Waals surface area (Å²) in [6.07, 6.45) is 2.87. The Hall–Kier alpha value is -0.890. The number of nitrogens with zero attached hydrogens (tertiary/aromatic N) is 1. The van der Waals surface area contributed by atoms with Gasteiger partial charge in [-0.15, -0.1) is 0 Å². The maximum Gasteiger partial charge on any atom is 0.0406 e. The molecular weight excluding hydrogens is 160 g/mol. The van der Waals surface area contributed by atoms with E-state index in [-0.39, 0.29) is 0 Å². The highest BCUT2D eigenvalue weighted by atomic mass is 14.7. The van der Waals surface area contributed by atoms with Gasteiger partial charge in [-0.2, -0.15) is 0 Å². The average molecular weight is 178 g/mol. The Morgan fingerprint density at radius 1 is 1.31 bits per heavy atom. The second-order valence-electron chi connectivity index (χ2n) is 3.72. The summed E-state index contributed by atoms with van der Waals surface area (Å²) in [5.41, 5.74) is 6.77. The monoisotopic (exact) mass is 178 g/mol. The molecule has 0 saturated carbocycles. The molecule has 0 aliphatic rings. The molecule has 0 radical (unpaired) electrons. The van der Waals surface area contributed by atoms with Gasteiger partial charge in [0.2, 0.25) is 0 Å².